The first-order chi connectivity index (χ1) is 21.0. The summed E-state index contributed by atoms with van der Waals surface area (Å²) >= 11 is 1.83. The third-order valence-corrected chi connectivity index (χ3v) is 9.54. The van der Waals surface area contributed by atoms with E-state index in [-0.39, 0.29) is 11.9 Å². The number of aliphatic imine (C=N–C) groups is 1. The smallest absolute Gasteiger partial charge is 0.328 e. The van der Waals surface area contributed by atoms with Crippen molar-refractivity contribution in [3.05, 3.63) is 149 Å². The molecule has 1 N–H and O–H groups in total. The van der Waals surface area contributed by atoms with Gasteiger partial charge in [0.1, 0.15) is 6.17 Å². The minimum atomic E-state index is -0.215. The highest BCUT2D eigenvalue weighted by atomic mass is 32.1. The molecule has 5 nitrogen and oxygen atoms in total. The van der Waals surface area contributed by atoms with E-state index < -0.39 is 0 Å². The zero-order chi connectivity index (χ0) is 29.1. The van der Waals surface area contributed by atoms with E-state index in [0.717, 1.165) is 50.3 Å². The molecule has 0 spiro atoms. The summed E-state index contributed by atoms with van der Waals surface area (Å²) in [5.41, 5.74) is 9.21. The highest BCUT2D eigenvalue weighted by Crippen LogP contribution is 2.36. The summed E-state index contributed by atoms with van der Waals surface area (Å²) in [5, 5.41) is 6.30. The lowest BCUT2D eigenvalue weighted by Crippen LogP contribution is -2.24. The number of nitrogens with one attached hydrogen (secondary N) is 1. The normalized spacial score (nSPS) is 15.1. The molecule has 43 heavy (non-hydrogen) atoms. The summed E-state index contributed by atoms with van der Waals surface area (Å²) in [6, 6.07) is 40.4. The molecular formula is C37H28N4OS. The number of hydrogen-bond donors (Lipinski definition) is 1. The number of imidazole rings is 1. The van der Waals surface area contributed by atoms with Crippen molar-refractivity contribution in [2.24, 2.45) is 19.1 Å². The number of allylic oxidation sites excluding steroid dienone is 1. The molecule has 0 amide bonds. The number of aryl methyl sites for hydroxylation is 2. The zero-order valence-corrected chi connectivity index (χ0v) is 24.6. The summed E-state index contributed by atoms with van der Waals surface area (Å²) in [6.45, 7) is 0. The second-order valence-corrected chi connectivity index (χ2v) is 12.1. The Hall–Kier alpha value is -5.20. The molecule has 0 saturated heterocycles. The molecule has 1 unspecified atom stereocenters. The topological polar surface area (TPSA) is 51.3 Å². The van der Waals surface area contributed by atoms with E-state index >= 15 is 0 Å². The predicted molar refractivity (Wildman–Crippen MR) is 180 cm³/mol. The van der Waals surface area contributed by atoms with Crippen LogP contribution in [-0.2, 0) is 14.1 Å². The van der Waals surface area contributed by atoms with Crippen LogP contribution in [-0.4, -0.2) is 14.8 Å². The molecule has 0 radical (unpaired) electrons. The van der Waals surface area contributed by atoms with Crippen molar-refractivity contribution < 1.29 is 0 Å². The minimum Gasteiger partial charge on any atom is -0.360 e. The maximum Gasteiger partial charge on any atom is 0.328 e. The number of aromatic nitrogens is 2. The Balaban J connectivity index is 1.23. The van der Waals surface area contributed by atoms with Gasteiger partial charge in [-0.25, -0.2) is 4.79 Å². The van der Waals surface area contributed by atoms with E-state index in [2.05, 4.69) is 115 Å². The zero-order valence-electron chi connectivity index (χ0n) is 23.8. The van der Waals surface area contributed by atoms with E-state index in [9.17, 15) is 4.79 Å². The number of benzene rings is 5. The van der Waals surface area contributed by atoms with Gasteiger partial charge in [0.15, 0.2) is 0 Å². The van der Waals surface area contributed by atoms with Crippen molar-refractivity contribution in [2.45, 2.75) is 6.17 Å². The van der Waals surface area contributed by atoms with E-state index in [4.69, 9.17) is 4.99 Å². The Morgan fingerprint density at radius 2 is 1.37 bits per heavy atom. The SMILES string of the molecule is Cn1c(=O)n(C)c2cc(-c3cccc(C4=NC(c5ccccc5)NC(c5ccc6c(c5)sc5ccccc56)=C4)c3)ccc21. The maximum atomic E-state index is 12.5. The van der Waals surface area contributed by atoms with Gasteiger partial charge in [-0.15, -0.1) is 11.3 Å². The molecule has 1 aliphatic heterocycles. The second kappa shape index (κ2) is 9.96. The highest BCUT2D eigenvalue weighted by molar-refractivity contribution is 7.25. The quantitative estimate of drug-likeness (QED) is 0.231. The third-order valence-electron chi connectivity index (χ3n) is 8.41. The van der Waals surface area contributed by atoms with E-state index in [0.29, 0.717) is 0 Å². The van der Waals surface area contributed by atoms with Gasteiger partial charge in [0.2, 0.25) is 0 Å². The van der Waals surface area contributed by atoms with Crippen LogP contribution in [0.25, 0.3) is 48.0 Å². The van der Waals surface area contributed by atoms with Gasteiger partial charge in [0.25, 0.3) is 0 Å². The van der Waals surface area contributed by atoms with Crippen molar-refractivity contribution in [1.29, 1.82) is 0 Å². The number of nitrogens with zero attached hydrogens (tertiary/aromatic N) is 3. The van der Waals surface area contributed by atoms with Crippen LogP contribution < -0.4 is 11.0 Å². The standard InChI is InChI=1S/C37H28N4OS/c1-40-32-18-16-25(20-33(32)41(2)37(40)42)24-11-8-12-26(19-24)30-22-31(39-36(38-30)23-9-4-3-5-10-23)27-15-17-29-28-13-6-7-14-34(28)43-35(29)21-27/h3-22,36,39H,1-2H3. The second-order valence-electron chi connectivity index (χ2n) is 11.0. The molecule has 6 heteroatoms. The van der Waals surface area contributed by atoms with Crippen molar-refractivity contribution in [2.75, 3.05) is 0 Å². The Labute approximate surface area is 252 Å². The minimum absolute atomic E-state index is 0.0246. The van der Waals surface area contributed by atoms with Crippen molar-refractivity contribution in [1.82, 2.24) is 14.5 Å². The lowest BCUT2D eigenvalue weighted by atomic mass is 9.97. The molecule has 2 aromatic heterocycles. The van der Waals surface area contributed by atoms with E-state index in [1.807, 2.05) is 37.6 Å². The fourth-order valence-corrected chi connectivity index (χ4v) is 7.24. The van der Waals surface area contributed by atoms with Crippen LogP contribution >= 0.6 is 11.3 Å². The van der Waals surface area contributed by atoms with E-state index in [1.54, 1.807) is 9.13 Å². The van der Waals surface area contributed by atoms with Gasteiger partial charge in [-0.1, -0.05) is 84.9 Å². The summed E-state index contributed by atoms with van der Waals surface area (Å²) < 4.78 is 5.96. The first-order valence-corrected chi connectivity index (χ1v) is 15.1. The van der Waals surface area contributed by atoms with Crippen molar-refractivity contribution in [3.8, 4) is 11.1 Å². The van der Waals surface area contributed by atoms with Gasteiger partial charge in [0, 0.05) is 45.5 Å². The summed E-state index contributed by atoms with van der Waals surface area (Å²) in [4.78, 5) is 17.7. The van der Waals surface area contributed by atoms with Gasteiger partial charge >= 0.3 is 5.69 Å². The van der Waals surface area contributed by atoms with Crippen molar-refractivity contribution in [3.63, 3.8) is 0 Å². The van der Waals surface area contributed by atoms with Crippen LogP contribution in [0.4, 0.5) is 0 Å². The first-order valence-electron chi connectivity index (χ1n) is 14.3. The molecule has 0 aliphatic carbocycles. The van der Waals surface area contributed by atoms with Crippen LogP contribution in [0.5, 0.6) is 0 Å². The number of fused-ring (bicyclic) bond motifs is 4. The monoisotopic (exact) mass is 576 g/mol. The molecule has 0 fully saturated rings. The number of rotatable bonds is 4. The summed E-state index contributed by atoms with van der Waals surface area (Å²) in [6.07, 6.45) is 1.95. The van der Waals surface area contributed by atoms with Gasteiger partial charge in [-0.05, 0) is 58.7 Å². The number of hydrogen-bond acceptors (Lipinski definition) is 4. The van der Waals surface area contributed by atoms with Gasteiger partial charge in [0.05, 0.1) is 16.7 Å². The Bertz CT molecular complexity index is 2320. The highest BCUT2D eigenvalue weighted by Gasteiger charge is 2.20. The number of thiophene rings is 1. The van der Waals surface area contributed by atoms with Crippen LogP contribution in [0.3, 0.4) is 0 Å². The third kappa shape index (κ3) is 4.30. The van der Waals surface area contributed by atoms with E-state index in [1.165, 1.54) is 20.2 Å². The lowest BCUT2D eigenvalue weighted by Gasteiger charge is -2.25. The maximum absolute atomic E-state index is 12.5. The molecule has 1 aliphatic rings. The molecular weight excluding hydrogens is 549 g/mol. The Morgan fingerprint density at radius 3 is 2.26 bits per heavy atom. The molecule has 3 heterocycles. The lowest BCUT2D eigenvalue weighted by molar-refractivity contribution is 0.664. The van der Waals surface area contributed by atoms with Crippen molar-refractivity contribution >= 4 is 54.0 Å². The Kier molecular flexibility index (Phi) is 5.91. The molecule has 8 rings (SSSR count). The summed E-state index contributed by atoms with van der Waals surface area (Å²) in [5.74, 6) is 0. The van der Waals surface area contributed by atoms with Gasteiger partial charge in [-0.3, -0.25) is 14.1 Å². The van der Waals surface area contributed by atoms with Gasteiger partial charge in [-0.2, -0.15) is 0 Å². The summed E-state index contributed by atoms with van der Waals surface area (Å²) in [7, 11) is 3.63. The fourth-order valence-electron chi connectivity index (χ4n) is 6.09. The molecule has 1 atom stereocenters. The average molecular weight is 577 g/mol. The van der Waals surface area contributed by atoms with Gasteiger partial charge < -0.3 is 5.32 Å². The van der Waals surface area contributed by atoms with Crippen LogP contribution in [0.15, 0.2) is 131 Å². The van der Waals surface area contributed by atoms with Crippen LogP contribution in [0.2, 0.25) is 0 Å². The fraction of sp³-hybridized carbons (Fsp3) is 0.0811. The van der Waals surface area contributed by atoms with Crippen LogP contribution in [0, 0.1) is 0 Å². The Morgan fingerprint density at radius 1 is 0.651 bits per heavy atom. The molecule has 0 saturated carbocycles. The molecule has 5 aromatic carbocycles. The van der Waals surface area contributed by atoms with Crippen LogP contribution in [0.1, 0.15) is 22.9 Å². The molecule has 0 bridgehead atoms. The predicted octanol–water partition coefficient (Wildman–Crippen LogP) is 8.04. The largest absolute Gasteiger partial charge is 0.360 e. The molecule has 7 aromatic rings. The molecule has 208 valence electrons. The first kappa shape index (κ1) is 25.5. The average Bonchev–Trinajstić information content (AvgIpc) is 3.54.